The minimum absolute atomic E-state index is 0.0702. The lowest BCUT2D eigenvalue weighted by Crippen LogP contribution is -2.42. The Morgan fingerprint density at radius 1 is 1.33 bits per heavy atom. The lowest BCUT2D eigenvalue weighted by molar-refractivity contribution is -0.154. The maximum Gasteiger partial charge on any atom is 0.308 e. The van der Waals surface area contributed by atoms with Crippen molar-refractivity contribution < 1.29 is 13.9 Å². The van der Waals surface area contributed by atoms with Crippen LogP contribution in [0.4, 0.5) is 4.39 Å². The predicted octanol–water partition coefficient (Wildman–Crippen LogP) is 4.51. The number of ether oxygens (including phenoxy) is 1. The van der Waals surface area contributed by atoms with Crippen molar-refractivity contribution in [2.45, 2.75) is 32.1 Å². The summed E-state index contributed by atoms with van der Waals surface area (Å²) in [6, 6.07) is 6.72. The Morgan fingerprint density at radius 3 is 2.88 bits per heavy atom. The maximum atomic E-state index is 13.6. The fourth-order valence-corrected chi connectivity index (χ4v) is 4.28. The van der Waals surface area contributed by atoms with Crippen molar-refractivity contribution >= 4 is 22.4 Å². The highest BCUT2D eigenvalue weighted by Crippen LogP contribution is 2.55. The van der Waals surface area contributed by atoms with Gasteiger partial charge >= 0.3 is 5.97 Å². The second-order valence-electron chi connectivity index (χ2n) is 7.08. The first-order chi connectivity index (χ1) is 11.6. The van der Waals surface area contributed by atoms with Crippen LogP contribution in [0.15, 0.2) is 36.5 Å². The van der Waals surface area contributed by atoms with Gasteiger partial charge in [0.1, 0.15) is 5.82 Å². The zero-order valence-corrected chi connectivity index (χ0v) is 13.7. The van der Waals surface area contributed by atoms with E-state index in [-0.39, 0.29) is 23.1 Å². The molecule has 1 aromatic heterocycles. The minimum Gasteiger partial charge on any atom is -0.469 e. The molecule has 0 radical (unpaired) electrons. The molecule has 24 heavy (non-hydrogen) atoms. The number of fused-ring (bicyclic) bond motifs is 1. The van der Waals surface area contributed by atoms with Crippen LogP contribution < -0.4 is 0 Å². The van der Waals surface area contributed by atoms with Crippen molar-refractivity contribution in [2.75, 3.05) is 7.11 Å². The highest BCUT2D eigenvalue weighted by atomic mass is 19.1. The number of pyridine rings is 1. The summed E-state index contributed by atoms with van der Waals surface area (Å²) in [5.41, 5.74) is 3.43. The number of esters is 1. The number of aromatic nitrogens is 1. The third-order valence-corrected chi connectivity index (χ3v) is 5.65. The summed E-state index contributed by atoms with van der Waals surface area (Å²) >= 11 is 0. The van der Waals surface area contributed by atoms with E-state index in [0.717, 1.165) is 48.6 Å². The third kappa shape index (κ3) is 2.50. The molecule has 0 atom stereocenters. The van der Waals surface area contributed by atoms with Gasteiger partial charge in [-0.1, -0.05) is 6.08 Å². The van der Waals surface area contributed by atoms with Crippen molar-refractivity contribution in [1.82, 2.24) is 4.98 Å². The number of carbonyl (C=O) groups is 1. The van der Waals surface area contributed by atoms with Gasteiger partial charge < -0.3 is 4.74 Å². The molecule has 1 spiro atoms. The Balaban J connectivity index is 1.58. The summed E-state index contributed by atoms with van der Waals surface area (Å²) < 4.78 is 18.5. The number of nitrogens with zero attached hydrogens (tertiary/aromatic N) is 1. The number of hydrogen-bond donors (Lipinski definition) is 0. The molecule has 4 heteroatoms. The van der Waals surface area contributed by atoms with E-state index in [4.69, 9.17) is 4.74 Å². The van der Waals surface area contributed by atoms with Crippen molar-refractivity contribution in [1.29, 1.82) is 0 Å². The number of halogens is 1. The zero-order chi connectivity index (χ0) is 16.7. The molecule has 0 unspecified atom stereocenters. The van der Waals surface area contributed by atoms with Crippen LogP contribution in [0.3, 0.4) is 0 Å². The quantitative estimate of drug-likeness (QED) is 0.763. The fourth-order valence-electron chi connectivity index (χ4n) is 4.28. The van der Waals surface area contributed by atoms with Crippen molar-refractivity contribution in [3.63, 3.8) is 0 Å². The molecule has 124 valence electrons. The first-order valence-electron chi connectivity index (χ1n) is 8.42. The monoisotopic (exact) mass is 325 g/mol. The molecule has 1 aromatic carbocycles. The topological polar surface area (TPSA) is 39.2 Å². The molecule has 0 aliphatic heterocycles. The number of rotatable bonds is 2. The molecular weight excluding hydrogens is 305 g/mol. The Bertz CT molecular complexity index is 837. The predicted molar refractivity (Wildman–Crippen MR) is 90.7 cm³/mol. The van der Waals surface area contributed by atoms with Gasteiger partial charge in [-0.3, -0.25) is 9.78 Å². The number of benzene rings is 1. The van der Waals surface area contributed by atoms with Crippen LogP contribution in [-0.2, 0) is 9.53 Å². The van der Waals surface area contributed by atoms with Gasteiger partial charge in [-0.15, -0.1) is 0 Å². The molecule has 3 nitrogen and oxygen atoms in total. The lowest BCUT2D eigenvalue weighted by Gasteiger charge is -2.48. The third-order valence-electron chi connectivity index (χ3n) is 5.65. The van der Waals surface area contributed by atoms with E-state index in [1.807, 2.05) is 6.07 Å². The number of carbonyl (C=O) groups excluding carboxylic acids is 1. The highest BCUT2D eigenvalue weighted by Gasteiger charge is 2.47. The van der Waals surface area contributed by atoms with E-state index in [2.05, 4.69) is 11.1 Å². The van der Waals surface area contributed by atoms with E-state index in [1.165, 1.54) is 18.7 Å². The van der Waals surface area contributed by atoms with Crippen LogP contribution in [0.5, 0.6) is 0 Å². The van der Waals surface area contributed by atoms with Gasteiger partial charge in [0.2, 0.25) is 0 Å². The smallest absolute Gasteiger partial charge is 0.308 e. The molecule has 2 aliphatic carbocycles. The lowest BCUT2D eigenvalue weighted by atomic mass is 9.56. The highest BCUT2D eigenvalue weighted by molar-refractivity contribution is 5.91. The maximum absolute atomic E-state index is 13.6. The largest absolute Gasteiger partial charge is 0.469 e. The van der Waals surface area contributed by atoms with Crippen LogP contribution >= 0.6 is 0 Å². The summed E-state index contributed by atoms with van der Waals surface area (Å²) in [5, 5.41) is 0.876. The second kappa shape index (κ2) is 5.69. The fraction of sp³-hybridized carbons (Fsp3) is 0.400. The van der Waals surface area contributed by atoms with Gasteiger partial charge in [0.15, 0.2) is 0 Å². The molecule has 4 rings (SSSR count). The molecule has 1 heterocycles. The van der Waals surface area contributed by atoms with Gasteiger partial charge in [-0.2, -0.15) is 0 Å². The SMILES string of the molecule is COC(=O)C1CC2(CC=C(c3ccnc4ccc(F)cc34)CC2)C1. The number of hydrogen-bond acceptors (Lipinski definition) is 3. The van der Waals surface area contributed by atoms with Crippen molar-refractivity contribution in [3.8, 4) is 0 Å². The molecule has 0 saturated heterocycles. The van der Waals surface area contributed by atoms with Crippen molar-refractivity contribution in [2.24, 2.45) is 11.3 Å². The van der Waals surface area contributed by atoms with Gasteiger partial charge in [0, 0.05) is 11.6 Å². The van der Waals surface area contributed by atoms with E-state index in [9.17, 15) is 9.18 Å². The minimum atomic E-state index is -0.232. The Kier molecular flexibility index (Phi) is 3.63. The van der Waals surface area contributed by atoms with Crippen LogP contribution in [0.25, 0.3) is 16.5 Å². The van der Waals surface area contributed by atoms with Crippen LogP contribution in [0.2, 0.25) is 0 Å². The summed E-state index contributed by atoms with van der Waals surface area (Å²) in [4.78, 5) is 15.9. The van der Waals surface area contributed by atoms with Gasteiger partial charge in [0.25, 0.3) is 0 Å². The molecule has 0 N–H and O–H groups in total. The zero-order valence-electron chi connectivity index (χ0n) is 13.7. The van der Waals surface area contributed by atoms with Gasteiger partial charge in [-0.05, 0) is 72.9 Å². The first-order valence-corrected chi connectivity index (χ1v) is 8.42. The Labute approximate surface area is 140 Å². The normalized spacial score (nSPS) is 26.1. The summed E-state index contributed by atoms with van der Waals surface area (Å²) in [7, 11) is 1.46. The van der Waals surface area contributed by atoms with Gasteiger partial charge in [-0.25, -0.2) is 4.39 Å². The standard InChI is InChI=1S/C20H20FNO2/c1-24-19(23)14-11-20(12-14)7-4-13(5-8-20)16-6-9-22-18-3-2-15(21)10-17(16)18/h2-4,6,9-10,14H,5,7-8,11-12H2,1H3. The summed E-state index contributed by atoms with van der Waals surface area (Å²) in [6.45, 7) is 0. The second-order valence-corrected chi connectivity index (χ2v) is 7.08. The van der Waals surface area contributed by atoms with E-state index >= 15 is 0 Å². The number of allylic oxidation sites excluding steroid dienone is 2. The van der Waals surface area contributed by atoms with E-state index in [0.29, 0.717) is 0 Å². The molecule has 0 amide bonds. The Morgan fingerprint density at radius 2 is 2.17 bits per heavy atom. The summed E-state index contributed by atoms with van der Waals surface area (Å²) in [5.74, 6) is -0.239. The van der Waals surface area contributed by atoms with Crippen LogP contribution in [0, 0.1) is 17.2 Å². The van der Waals surface area contributed by atoms with Gasteiger partial charge in [0.05, 0.1) is 18.5 Å². The molecule has 0 bridgehead atoms. The summed E-state index contributed by atoms with van der Waals surface area (Å²) in [6.07, 6.45) is 8.93. The van der Waals surface area contributed by atoms with E-state index in [1.54, 1.807) is 18.3 Å². The molecule has 1 saturated carbocycles. The van der Waals surface area contributed by atoms with E-state index < -0.39 is 0 Å². The molecule has 2 aliphatic rings. The average Bonchev–Trinajstić information content (AvgIpc) is 2.58. The molecular formula is C20H20FNO2. The molecule has 2 aromatic rings. The van der Waals surface area contributed by atoms with Crippen LogP contribution in [0.1, 0.15) is 37.7 Å². The Hall–Kier alpha value is -2.23. The van der Waals surface area contributed by atoms with Crippen LogP contribution in [-0.4, -0.2) is 18.1 Å². The molecule has 1 fully saturated rings. The first kappa shape index (κ1) is 15.3. The average molecular weight is 325 g/mol. The number of methoxy groups -OCH3 is 1. The van der Waals surface area contributed by atoms with Crippen molar-refractivity contribution in [3.05, 3.63) is 47.9 Å².